The maximum atomic E-state index is 8.91. The van der Waals surface area contributed by atoms with Gasteiger partial charge >= 0.3 is 0 Å². The highest BCUT2D eigenvalue weighted by atomic mass is 79.9. The van der Waals surface area contributed by atoms with Crippen molar-refractivity contribution in [3.05, 3.63) is 58.3 Å². The fourth-order valence-corrected chi connectivity index (χ4v) is 2.79. The third-order valence-electron chi connectivity index (χ3n) is 3.25. The molecule has 1 aromatic heterocycles. The Hall–Kier alpha value is -1.83. The van der Waals surface area contributed by atoms with Crippen LogP contribution in [0.1, 0.15) is 23.7 Å². The summed E-state index contributed by atoms with van der Waals surface area (Å²) >= 11 is 9.74. The van der Waals surface area contributed by atoms with E-state index >= 15 is 0 Å². The summed E-state index contributed by atoms with van der Waals surface area (Å²) in [5, 5.41) is 8.69. The Labute approximate surface area is 135 Å². The zero-order valence-corrected chi connectivity index (χ0v) is 13.6. The number of nitriles is 1. The highest BCUT2D eigenvalue weighted by Gasteiger charge is 2.16. The Morgan fingerprint density at radius 1 is 1.24 bits per heavy atom. The van der Waals surface area contributed by atoms with Gasteiger partial charge < -0.3 is 0 Å². The summed E-state index contributed by atoms with van der Waals surface area (Å²) in [6, 6.07) is 15.5. The van der Waals surface area contributed by atoms with E-state index < -0.39 is 0 Å². The Morgan fingerprint density at radius 2 is 1.95 bits per heavy atom. The van der Waals surface area contributed by atoms with Crippen molar-refractivity contribution in [1.82, 2.24) is 9.55 Å². The lowest BCUT2D eigenvalue weighted by molar-refractivity contribution is 0.882. The van der Waals surface area contributed by atoms with E-state index in [1.54, 1.807) is 12.1 Å². The minimum Gasteiger partial charge on any atom is -0.295 e. The lowest BCUT2D eigenvalue weighted by Crippen LogP contribution is -2.01. The van der Waals surface area contributed by atoms with E-state index in [2.05, 4.69) is 27.0 Å². The molecule has 0 spiro atoms. The van der Waals surface area contributed by atoms with Crippen molar-refractivity contribution in [3.63, 3.8) is 0 Å². The molecule has 0 fully saturated rings. The van der Waals surface area contributed by atoms with Gasteiger partial charge in [0.15, 0.2) is 0 Å². The number of hydrogen-bond donors (Lipinski definition) is 0. The van der Waals surface area contributed by atoms with Gasteiger partial charge in [-0.05, 0) is 49.4 Å². The average molecular weight is 361 g/mol. The van der Waals surface area contributed by atoms with Crippen molar-refractivity contribution < 1.29 is 0 Å². The van der Waals surface area contributed by atoms with E-state index in [1.807, 2.05) is 41.8 Å². The number of aromatic nitrogens is 2. The number of fused-ring (bicyclic) bond motifs is 1. The molecular formula is C16H11BrClN3. The number of imidazole rings is 1. The van der Waals surface area contributed by atoms with Crippen LogP contribution in [0.25, 0.3) is 16.7 Å². The number of nitrogens with zero attached hydrogens (tertiary/aromatic N) is 3. The predicted molar refractivity (Wildman–Crippen MR) is 87.8 cm³/mol. The van der Waals surface area contributed by atoms with Gasteiger partial charge in [0.05, 0.1) is 28.0 Å². The van der Waals surface area contributed by atoms with Gasteiger partial charge in [-0.25, -0.2) is 4.98 Å². The number of benzene rings is 2. The van der Waals surface area contributed by atoms with Crippen molar-refractivity contribution in [2.24, 2.45) is 0 Å². The van der Waals surface area contributed by atoms with Crippen LogP contribution >= 0.6 is 27.5 Å². The first kappa shape index (κ1) is 14.1. The number of hydrogen-bond acceptors (Lipinski definition) is 2. The van der Waals surface area contributed by atoms with Crippen LogP contribution in [-0.2, 0) is 0 Å². The van der Waals surface area contributed by atoms with E-state index in [0.717, 1.165) is 27.0 Å². The highest BCUT2D eigenvalue weighted by Crippen LogP contribution is 2.29. The SMILES string of the molecule is CC(Cl)c1nc2cc(Br)ccc2n1-c1ccc(C#N)cc1. The van der Waals surface area contributed by atoms with Gasteiger partial charge in [-0.15, -0.1) is 11.6 Å². The van der Waals surface area contributed by atoms with Crippen molar-refractivity contribution in [2.45, 2.75) is 12.3 Å². The van der Waals surface area contributed by atoms with Gasteiger partial charge in [0.25, 0.3) is 0 Å². The molecule has 0 N–H and O–H groups in total. The number of alkyl halides is 1. The van der Waals surface area contributed by atoms with Crippen LogP contribution in [-0.4, -0.2) is 9.55 Å². The average Bonchev–Trinajstić information content (AvgIpc) is 2.86. The van der Waals surface area contributed by atoms with Crippen LogP contribution in [0.3, 0.4) is 0 Å². The molecule has 5 heteroatoms. The predicted octanol–water partition coefficient (Wildman–Crippen LogP) is 4.96. The van der Waals surface area contributed by atoms with Gasteiger partial charge in [-0.3, -0.25) is 4.57 Å². The van der Waals surface area contributed by atoms with Crippen molar-refractivity contribution in [1.29, 1.82) is 5.26 Å². The molecule has 0 bridgehead atoms. The number of rotatable bonds is 2. The second-order valence-corrected chi connectivity index (χ2v) is 6.28. The molecule has 0 aliphatic rings. The second kappa shape index (κ2) is 5.51. The molecule has 2 aromatic carbocycles. The lowest BCUT2D eigenvalue weighted by Gasteiger charge is -2.10. The molecule has 0 aliphatic carbocycles. The third kappa shape index (κ3) is 2.55. The van der Waals surface area contributed by atoms with Crippen molar-refractivity contribution >= 4 is 38.6 Å². The molecule has 0 aliphatic heterocycles. The fraction of sp³-hybridized carbons (Fsp3) is 0.125. The Bertz CT molecular complexity index is 844. The zero-order valence-electron chi connectivity index (χ0n) is 11.2. The van der Waals surface area contributed by atoms with Crippen LogP contribution in [0.5, 0.6) is 0 Å². The highest BCUT2D eigenvalue weighted by molar-refractivity contribution is 9.10. The Kier molecular flexibility index (Phi) is 3.71. The smallest absolute Gasteiger partial charge is 0.132 e. The molecule has 3 nitrogen and oxygen atoms in total. The molecule has 0 saturated carbocycles. The van der Waals surface area contributed by atoms with Crippen LogP contribution < -0.4 is 0 Å². The molecule has 21 heavy (non-hydrogen) atoms. The molecule has 3 aromatic rings. The molecule has 3 rings (SSSR count). The van der Waals surface area contributed by atoms with E-state index in [0.29, 0.717) is 5.56 Å². The summed E-state index contributed by atoms with van der Waals surface area (Å²) in [5.41, 5.74) is 3.45. The van der Waals surface area contributed by atoms with Crippen molar-refractivity contribution in [2.75, 3.05) is 0 Å². The van der Waals surface area contributed by atoms with E-state index in [9.17, 15) is 0 Å². The first-order chi connectivity index (χ1) is 10.1. The second-order valence-electron chi connectivity index (χ2n) is 4.71. The van der Waals surface area contributed by atoms with Crippen molar-refractivity contribution in [3.8, 4) is 11.8 Å². The topological polar surface area (TPSA) is 41.6 Å². The number of halogens is 2. The third-order valence-corrected chi connectivity index (χ3v) is 3.94. The van der Waals surface area contributed by atoms with Gasteiger partial charge in [-0.1, -0.05) is 15.9 Å². The van der Waals surface area contributed by atoms with Gasteiger partial charge in [0, 0.05) is 10.2 Å². The first-order valence-corrected chi connectivity index (χ1v) is 7.65. The summed E-state index contributed by atoms with van der Waals surface area (Å²) in [7, 11) is 0. The molecule has 0 saturated heterocycles. The lowest BCUT2D eigenvalue weighted by atomic mass is 10.2. The van der Waals surface area contributed by atoms with E-state index in [-0.39, 0.29) is 5.38 Å². The zero-order chi connectivity index (χ0) is 15.0. The molecule has 1 unspecified atom stereocenters. The van der Waals surface area contributed by atoms with E-state index in [4.69, 9.17) is 16.9 Å². The molecule has 0 radical (unpaired) electrons. The Morgan fingerprint density at radius 3 is 2.57 bits per heavy atom. The summed E-state index contributed by atoms with van der Waals surface area (Å²) in [6.45, 7) is 1.90. The molecule has 104 valence electrons. The van der Waals surface area contributed by atoms with Crippen LogP contribution in [0.4, 0.5) is 0 Å². The molecule has 1 atom stereocenters. The Balaban J connectivity index is 2.28. The van der Waals surface area contributed by atoms with Crippen LogP contribution in [0.15, 0.2) is 46.9 Å². The normalized spacial score (nSPS) is 12.3. The monoisotopic (exact) mass is 359 g/mol. The van der Waals surface area contributed by atoms with Gasteiger partial charge in [-0.2, -0.15) is 5.26 Å². The van der Waals surface area contributed by atoms with Gasteiger partial charge in [0.2, 0.25) is 0 Å². The molecule has 1 heterocycles. The minimum atomic E-state index is -0.216. The summed E-state index contributed by atoms with van der Waals surface area (Å²) in [6.07, 6.45) is 0. The maximum absolute atomic E-state index is 8.91. The minimum absolute atomic E-state index is 0.216. The van der Waals surface area contributed by atoms with Crippen LogP contribution in [0.2, 0.25) is 0 Å². The summed E-state index contributed by atoms with van der Waals surface area (Å²) < 4.78 is 3.01. The summed E-state index contributed by atoms with van der Waals surface area (Å²) in [4.78, 5) is 4.63. The largest absolute Gasteiger partial charge is 0.295 e. The molecule has 0 amide bonds. The first-order valence-electron chi connectivity index (χ1n) is 6.42. The van der Waals surface area contributed by atoms with Crippen LogP contribution in [0, 0.1) is 11.3 Å². The summed E-state index contributed by atoms with van der Waals surface area (Å²) in [5.74, 6) is 0.787. The fourth-order valence-electron chi connectivity index (χ4n) is 2.30. The molecular weight excluding hydrogens is 350 g/mol. The van der Waals surface area contributed by atoms with Gasteiger partial charge in [0.1, 0.15) is 5.82 Å². The maximum Gasteiger partial charge on any atom is 0.132 e. The van der Waals surface area contributed by atoms with E-state index in [1.165, 1.54) is 0 Å². The standard InChI is InChI=1S/C16H11BrClN3/c1-10(18)16-20-14-8-12(17)4-7-15(14)21(16)13-5-2-11(9-19)3-6-13/h2-8,10H,1H3. The quantitative estimate of drug-likeness (QED) is 0.606.